The highest BCUT2D eigenvalue weighted by Gasteiger charge is 2.42. The molecule has 3 fully saturated rings. The number of hydrogen-bond donors (Lipinski definition) is 0. The molecule has 0 radical (unpaired) electrons. The van der Waals surface area contributed by atoms with Crippen LogP contribution in [0.1, 0.15) is 66.1 Å². The summed E-state index contributed by atoms with van der Waals surface area (Å²) in [4.78, 5) is 0. The van der Waals surface area contributed by atoms with E-state index in [0.29, 0.717) is 0 Å². The van der Waals surface area contributed by atoms with Crippen molar-refractivity contribution in [2.24, 2.45) is 29.6 Å². The first-order valence-electron chi connectivity index (χ1n) is 7.66. The van der Waals surface area contributed by atoms with E-state index in [9.17, 15) is 0 Å². The third-order valence-electron chi connectivity index (χ3n) is 5.56. The fourth-order valence-electron chi connectivity index (χ4n) is 4.76. The summed E-state index contributed by atoms with van der Waals surface area (Å²) >= 11 is 0. The van der Waals surface area contributed by atoms with Gasteiger partial charge in [0.1, 0.15) is 0 Å². The average molecular weight is 207 g/mol. The van der Waals surface area contributed by atoms with Gasteiger partial charge in [0.05, 0.1) is 0 Å². The highest BCUT2D eigenvalue weighted by Crippen LogP contribution is 2.52. The third kappa shape index (κ3) is 1.85. The SMILES string of the molecule is [2H][C@@]1(C)CCC2CCC3CCCCC3C2C1. The van der Waals surface area contributed by atoms with Crippen LogP contribution in [0.4, 0.5) is 0 Å². The van der Waals surface area contributed by atoms with Gasteiger partial charge in [0, 0.05) is 1.37 Å². The Balaban J connectivity index is 1.77. The first-order chi connectivity index (χ1) is 7.66. The zero-order chi connectivity index (χ0) is 11.2. The molecule has 3 aliphatic rings. The van der Waals surface area contributed by atoms with Crippen LogP contribution in [0.15, 0.2) is 0 Å². The molecule has 5 atom stereocenters. The van der Waals surface area contributed by atoms with Crippen molar-refractivity contribution in [3.8, 4) is 0 Å². The van der Waals surface area contributed by atoms with Crippen molar-refractivity contribution in [2.75, 3.05) is 0 Å². The Hall–Kier alpha value is 0. The van der Waals surface area contributed by atoms with E-state index in [0.717, 1.165) is 30.1 Å². The largest absolute Gasteiger partial charge is 0.0625 e. The lowest BCUT2D eigenvalue weighted by Gasteiger charge is -2.49. The summed E-state index contributed by atoms with van der Waals surface area (Å²) in [6, 6.07) is 0. The Bertz CT molecular complexity index is 258. The van der Waals surface area contributed by atoms with E-state index in [1.807, 2.05) is 0 Å². The lowest BCUT2D eigenvalue weighted by atomic mass is 9.56. The molecule has 0 amide bonds. The van der Waals surface area contributed by atoms with E-state index in [1.54, 1.807) is 0 Å². The normalized spacial score (nSPS) is 56.5. The maximum absolute atomic E-state index is 8.36. The predicted molar refractivity (Wildman–Crippen MR) is 64.7 cm³/mol. The monoisotopic (exact) mass is 207 g/mol. The second kappa shape index (κ2) is 4.11. The minimum atomic E-state index is -0.0967. The van der Waals surface area contributed by atoms with Gasteiger partial charge >= 0.3 is 0 Å². The van der Waals surface area contributed by atoms with Crippen LogP contribution < -0.4 is 0 Å². The fraction of sp³-hybridized carbons (Fsp3) is 1.00. The fourth-order valence-corrected chi connectivity index (χ4v) is 4.76. The minimum Gasteiger partial charge on any atom is -0.0625 e. The van der Waals surface area contributed by atoms with Crippen molar-refractivity contribution in [2.45, 2.75) is 64.7 Å². The van der Waals surface area contributed by atoms with Crippen LogP contribution in [0, 0.1) is 29.6 Å². The van der Waals surface area contributed by atoms with Gasteiger partial charge in [-0.2, -0.15) is 0 Å². The quantitative estimate of drug-likeness (QED) is 0.543. The summed E-state index contributed by atoms with van der Waals surface area (Å²) in [5.74, 6) is 3.88. The smallest absolute Gasteiger partial charge is 0.0300 e. The highest BCUT2D eigenvalue weighted by atomic mass is 14.5. The lowest BCUT2D eigenvalue weighted by molar-refractivity contribution is 0.0130. The van der Waals surface area contributed by atoms with E-state index < -0.39 is 0 Å². The molecule has 0 aliphatic heterocycles. The zero-order valence-electron chi connectivity index (χ0n) is 11.2. The molecule has 15 heavy (non-hydrogen) atoms. The Morgan fingerprint density at radius 3 is 2.33 bits per heavy atom. The van der Waals surface area contributed by atoms with Gasteiger partial charge < -0.3 is 0 Å². The van der Waals surface area contributed by atoms with Crippen LogP contribution in [0.3, 0.4) is 0 Å². The zero-order valence-corrected chi connectivity index (χ0v) is 10.2. The molecule has 0 bridgehead atoms. The van der Waals surface area contributed by atoms with Gasteiger partial charge in [0.2, 0.25) is 0 Å². The van der Waals surface area contributed by atoms with Gasteiger partial charge in [-0.05, 0) is 61.7 Å². The second-order valence-corrected chi connectivity index (χ2v) is 6.41. The van der Waals surface area contributed by atoms with Gasteiger partial charge in [-0.25, -0.2) is 0 Å². The molecular weight excluding hydrogens is 180 g/mol. The molecule has 0 heterocycles. The van der Waals surface area contributed by atoms with Crippen LogP contribution in [0.25, 0.3) is 0 Å². The molecule has 0 aromatic heterocycles. The molecule has 4 unspecified atom stereocenters. The van der Waals surface area contributed by atoms with Crippen LogP contribution in [-0.2, 0) is 0 Å². The topological polar surface area (TPSA) is 0 Å². The van der Waals surface area contributed by atoms with Gasteiger partial charge in [-0.1, -0.05) is 32.6 Å². The Labute approximate surface area is 96.2 Å². The summed E-state index contributed by atoms with van der Waals surface area (Å²) in [7, 11) is 0. The first kappa shape index (κ1) is 9.07. The van der Waals surface area contributed by atoms with E-state index in [2.05, 4.69) is 6.92 Å². The second-order valence-electron chi connectivity index (χ2n) is 6.41. The molecule has 0 aromatic rings. The lowest BCUT2D eigenvalue weighted by Crippen LogP contribution is -2.39. The van der Waals surface area contributed by atoms with Crippen molar-refractivity contribution in [3.05, 3.63) is 0 Å². The first-order valence-corrected chi connectivity index (χ1v) is 7.16. The summed E-state index contributed by atoms with van der Waals surface area (Å²) in [6.45, 7) is 2.18. The maximum Gasteiger partial charge on any atom is 0.0300 e. The number of rotatable bonds is 0. The van der Waals surface area contributed by atoms with Crippen LogP contribution in [0.5, 0.6) is 0 Å². The average Bonchev–Trinajstić information content (AvgIpc) is 2.28. The summed E-state index contributed by atoms with van der Waals surface area (Å²) < 4.78 is 8.36. The molecule has 3 rings (SSSR count). The van der Waals surface area contributed by atoms with E-state index in [1.165, 1.54) is 51.4 Å². The van der Waals surface area contributed by atoms with E-state index in [-0.39, 0.29) is 5.89 Å². The molecule has 0 N–H and O–H groups in total. The van der Waals surface area contributed by atoms with Gasteiger partial charge in [0.15, 0.2) is 0 Å². The Morgan fingerprint density at radius 2 is 1.47 bits per heavy atom. The van der Waals surface area contributed by atoms with Gasteiger partial charge in [0.25, 0.3) is 0 Å². The van der Waals surface area contributed by atoms with E-state index >= 15 is 0 Å². The molecule has 0 aromatic carbocycles. The predicted octanol–water partition coefficient (Wildman–Crippen LogP) is 4.64. The molecule has 0 saturated heterocycles. The molecule has 3 aliphatic carbocycles. The third-order valence-corrected chi connectivity index (χ3v) is 5.56. The van der Waals surface area contributed by atoms with Crippen molar-refractivity contribution < 1.29 is 1.37 Å². The summed E-state index contributed by atoms with van der Waals surface area (Å²) in [5, 5.41) is 0. The minimum absolute atomic E-state index is 0.0967. The summed E-state index contributed by atoms with van der Waals surface area (Å²) in [5.41, 5.74) is 0. The van der Waals surface area contributed by atoms with Crippen LogP contribution in [0.2, 0.25) is 0 Å². The van der Waals surface area contributed by atoms with Gasteiger partial charge in [-0.15, -0.1) is 0 Å². The highest BCUT2D eigenvalue weighted by molar-refractivity contribution is 4.92. The van der Waals surface area contributed by atoms with Gasteiger partial charge in [-0.3, -0.25) is 0 Å². The van der Waals surface area contributed by atoms with Crippen molar-refractivity contribution in [3.63, 3.8) is 0 Å². The molecule has 86 valence electrons. The molecule has 0 spiro atoms. The Morgan fingerprint density at radius 1 is 0.800 bits per heavy atom. The number of hydrogen-bond acceptors (Lipinski definition) is 0. The standard InChI is InChI=1S/C15H26/c1-11-6-7-13-9-8-12-4-2-3-5-14(12)15(13)10-11/h11-15H,2-10H2,1H3/t11-,12?,13?,14?,15?/m1/s1/i11D. The number of fused-ring (bicyclic) bond motifs is 3. The molecule has 3 saturated carbocycles. The molecular formula is C15H26. The van der Waals surface area contributed by atoms with Crippen molar-refractivity contribution >= 4 is 0 Å². The van der Waals surface area contributed by atoms with Crippen LogP contribution >= 0.6 is 0 Å². The molecule has 0 heteroatoms. The maximum atomic E-state index is 8.36. The van der Waals surface area contributed by atoms with Crippen molar-refractivity contribution in [1.29, 1.82) is 0 Å². The molecule has 0 nitrogen and oxygen atoms in total. The van der Waals surface area contributed by atoms with Crippen molar-refractivity contribution in [1.82, 2.24) is 0 Å². The summed E-state index contributed by atoms with van der Waals surface area (Å²) in [6.07, 6.45) is 12.7. The van der Waals surface area contributed by atoms with Crippen LogP contribution in [-0.4, -0.2) is 0 Å². The Kier molecular flexibility index (Phi) is 2.48. The van der Waals surface area contributed by atoms with E-state index in [4.69, 9.17) is 1.37 Å².